The molecule has 1 rings (SSSR count). The van der Waals surface area contributed by atoms with E-state index < -0.39 is 42.9 Å². The molecule has 0 bridgehead atoms. The van der Waals surface area contributed by atoms with Gasteiger partial charge in [-0.25, -0.2) is 0 Å². The molecule has 0 aliphatic carbocycles. The van der Waals surface area contributed by atoms with Crippen LogP contribution in [0.1, 0.15) is 90.4 Å². The van der Waals surface area contributed by atoms with Crippen molar-refractivity contribution in [3.8, 4) is 0 Å². The number of unbranched alkanes of at least 4 members (excludes halogenated alkanes) is 11. The third-order valence-corrected chi connectivity index (χ3v) is 6.09. The number of nitrogens with two attached hydrogens (primary N) is 1. The quantitative estimate of drug-likeness (QED) is 0.173. The smallest absolute Gasteiger partial charge is 0.186 e. The fourth-order valence-electron chi connectivity index (χ4n) is 3.88. The minimum Gasteiger partial charge on any atom is -0.390 e. The lowest BCUT2D eigenvalue weighted by atomic mass is 10.00. The van der Waals surface area contributed by atoms with Crippen LogP contribution in [-0.2, 0) is 9.47 Å². The van der Waals surface area contributed by atoms with E-state index in [9.17, 15) is 25.5 Å². The molecular weight excluding hydrogens is 402 g/mol. The number of hydrogen-bond acceptors (Lipinski definition) is 8. The molecule has 8 heteroatoms. The van der Waals surface area contributed by atoms with Crippen molar-refractivity contribution in [2.75, 3.05) is 13.2 Å². The molecule has 8 nitrogen and oxygen atoms in total. The van der Waals surface area contributed by atoms with Crippen molar-refractivity contribution >= 4 is 0 Å². The van der Waals surface area contributed by atoms with Crippen molar-refractivity contribution in [2.45, 2.75) is 133 Å². The molecule has 1 saturated heterocycles. The molecule has 1 fully saturated rings. The molecule has 7 atom stereocenters. The van der Waals surface area contributed by atoms with Gasteiger partial charge < -0.3 is 40.7 Å². The number of ether oxygens (including phenoxy) is 2. The molecule has 1 aliphatic heterocycles. The summed E-state index contributed by atoms with van der Waals surface area (Å²) in [6.45, 7) is 1.92. The zero-order valence-electron chi connectivity index (χ0n) is 19.3. The zero-order valence-corrected chi connectivity index (χ0v) is 19.3. The van der Waals surface area contributed by atoms with Crippen LogP contribution in [0.15, 0.2) is 0 Å². The standard InChI is InChI=1S/C23H47NO7/c1-2-3-4-5-6-7-8-9-10-11-12-13-14-18(25)20(27)17(24)15-30-23-22(29)21(28)19(26)16-31-23/h17-23,25-29H,2-16,24H2,1H3/t17-,18+,19?,20-,21?,22?,23?/m0/s1. The molecule has 4 unspecified atom stereocenters. The highest BCUT2D eigenvalue weighted by atomic mass is 16.7. The van der Waals surface area contributed by atoms with Gasteiger partial charge in [-0.05, 0) is 6.42 Å². The Labute approximate surface area is 187 Å². The Balaban J connectivity index is 2.04. The van der Waals surface area contributed by atoms with Gasteiger partial charge in [0, 0.05) is 0 Å². The molecule has 0 spiro atoms. The summed E-state index contributed by atoms with van der Waals surface area (Å²) in [5.74, 6) is 0. The minimum atomic E-state index is -1.40. The molecule has 0 aromatic carbocycles. The van der Waals surface area contributed by atoms with Crippen LogP contribution < -0.4 is 5.73 Å². The fraction of sp³-hybridized carbons (Fsp3) is 1.00. The van der Waals surface area contributed by atoms with Crippen molar-refractivity contribution in [1.29, 1.82) is 0 Å². The Morgan fingerprint density at radius 1 is 0.839 bits per heavy atom. The van der Waals surface area contributed by atoms with E-state index in [4.69, 9.17) is 15.2 Å². The van der Waals surface area contributed by atoms with Crippen LogP contribution in [0.2, 0.25) is 0 Å². The molecule has 1 heterocycles. The normalized spacial score (nSPS) is 27.2. The Morgan fingerprint density at radius 2 is 1.35 bits per heavy atom. The highest BCUT2D eigenvalue weighted by Crippen LogP contribution is 2.18. The number of rotatable bonds is 18. The highest BCUT2D eigenvalue weighted by molar-refractivity contribution is 4.84. The second-order valence-corrected chi connectivity index (χ2v) is 8.98. The van der Waals surface area contributed by atoms with Crippen LogP contribution in [0.3, 0.4) is 0 Å². The van der Waals surface area contributed by atoms with Crippen molar-refractivity contribution < 1.29 is 35.0 Å². The Bertz CT molecular complexity index is 429. The Hall–Kier alpha value is -0.320. The van der Waals surface area contributed by atoms with Crippen molar-refractivity contribution in [2.24, 2.45) is 5.73 Å². The van der Waals surface area contributed by atoms with E-state index in [1.54, 1.807) is 0 Å². The molecular formula is C23H47NO7. The van der Waals surface area contributed by atoms with Gasteiger partial charge in [0.05, 0.1) is 31.5 Å². The second kappa shape index (κ2) is 17.2. The van der Waals surface area contributed by atoms with Gasteiger partial charge in [0.2, 0.25) is 0 Å². The van der Waals surface area contributed by atoms with Crippen LogP contribution in [0.25, 0.3) is 0 Å². The first-order valence-corrected chi connectivity index (χ1v) is 12.3. The number of hydrogen-bond donors (Lipinski definition) is 6. The summed E-state index contributed by atoms with van der Waals surface area (Å²) >= 11 is 0. The van der Waals surface area contributed by atoms with Crippen LogP contribution in [0.5, 0.6) is 0 Å². The van der Waals surface area contributed by atoms with Crippen molar-refractivity contribution in [3.05, 3.63) is 0 Å². The van der Waals surface area contributed by atoms with Gasteiger partial charge in [0.15, 0.2) is 6.29 Å². The lowest BCUT2D eigenvalue weighted by molar-refractivity contribution is -0.272. The van der Waals surface area contributed by atoms with E-state index in [2.05, 4.69) is 6.92 Å². The summed E-state index contributed by atoms with van der Waals surface area (Å²) < 4.78 is 10.5. The lowest BCUT2D eigenvalue weighted by Gasteiger charge is -2.35. The first-order chi connectivity index (χ1) is 14.9. The van der Waals surface area contributed by atoms with Gasteiger partial charge >= 0.3 is 0 Å². The van der Waals surface area contributed by atoms with Crippen molar-refractivity contribution in [1.82, 2.24) is 0 Å². The highest BCUT2D eigenvalue weighted by Gasteiger charge is 2.38. The summed E-state index contributed by atoms with van der Waals surface area (Å²) in [5, 5.41) is 49.3. The van der Waals surface area contributed by atoms with E-state index in [1.165, 1.54) is 57.8 Å². The lowest BCUT2D eigenvalue weighted by Crippen LogP contribution is -2.55. The first kappa shape index (κ1) is 28.7. The molecule has 0 saturated carbocycles. The van der Waals surface area contributed by atoms with E-state index >= 15 is 0 Å². The Kier molecular flexibility index (Phi) is 15.9. The van der Waals surface area contributed by atoms with Gasteiger partial charge in [-0.3, -0.25) is 0 Å². The third kappa shape index (κ3) is 11.9. The first-order valence-electron chi connectivity index (χ1n) is 12.3. The van der Waals surface area contributed by atoms with Gasteiger partial charge in [-0.2, -0.15) is 0 Å². The number of aliphatic hydroxyl groups excluding tert-OH is 5. The topological polar surface area (TPSA) is 146 Å². The molecule has 31 heavy (non-hydrogen) atoms. The predicted molar refractivity (Wildman–Crippen MR) is 119 cm³/mol. The zero-order chi connectivity index (χ0) is 23.1. The van der Waals surface area contributed by atoms with Gasteiger partial charge in [0.1, 0.15) is 18.3 Å². The monoisotopic (exact) mass is 449 g/mol. The van der Waals surface area contributed by atoms with E-state index in [0.29, 0.717) is 6.42 Å². The number of aliphatic hydroxyl groups is 5. The maximum absolute atomic E-state index is 10.2. The summed E-state index contributed by atoms with van der Waals surface area (Å²) in [5.41, 5.74) is 5.90. The van der Waals surface area contributed by atoms with E-state index in [1.807, 2.05) is 0 Å². The van der Waals surface area contributed by atoms with E-state index in [-0.39, 0.29) is 13.2 Å². The van der Waals surface area contributed by atoms with Crippen LogP contribution in [0.4, 0.5) is 0 Å². The SMILES string of the molecule is CCCCCCCCCCCCCC[C@@H](O)[C@@H](O)[C@@H](N)COC1OCC(O)C(O)C1O. The molecule has 186 valence electrons. The van der Waals surface area contributed by atoms with Gasteiger partial charge in [-0.1, -0.05) is 84.0 Å². The molecule has 0 aromatic rings. The largest absolute Gasteiger partial charge is 0.390 e. The summed E-state index contributed by atoms with van der Waals surface area (Å²) in [7, 11) is 0. The average Bonchev–Trinajstić information content (AvgIpc) is 2.76. The maximum atomic E-state index is 10.2. The van der Waals surface area contributed by atoms with Crippen LogP contribution in [0, 0.1) is 0 Å². The van der Waals surface area contributed by atoms with E-state index in [0.717, 1.165) is 19.3 Å². The average molecular weight is 450 g/mol. The Morgan fingerprint density at radius 3 is 1.90 bits per heavy atom. The summed E-state index contributed by atoms with van der Waals surface area (Å²) in [6.07, 6.45) is 8.13. The molecule has 1 aliphatic rings. The van der Waals surface area contributed by atoms with Crippen molar-refractivity contribution in [3.63, 3.8) is 0 Å². The molecule has 0 amide bonds. The fourth-order valence-corrected chi connectivity index (χ4v) is 3.88. The minimum absolute atomic E-state index is 0.152. The van der Waals surface area contributed by atoms with Gasteiger partial charge in [-0.15, -0.1) is 0 Å². The third-order valence-electron chi connectivity index (χ3n) is 6.09. The maximum Gasteiger partial charge on any atom is 0.186 e. The van der Waals surface area contributed by atoms with Crippen LogP contribution in [-0.4, -0.2) is 81.6 Å². The van der Waals surface area contributed by atoms with Gasteiger partial charge in [0.25, 0.3) is 0 Å². The predicted octanol–water partition coefficient (Wildman–Crippen LogP) is 1.58. The summed E-state index contributed by atoms with van der Waals surface area (Å²) in [6, 6.07) is -0.855. The summed E-state index contributed by atoms with van der Waals surface area (Å²) in [4.78, 5) is 0. The molecule has 0 radical (unpaired) electrons. The molecule has 0 aromatic heterocycles. The second-order valence-electron chi connectivity index (χ2n) is 8.98. The molecule has 7 N–H and O–H groups in total. The van der Waals surface area contributed by atoms with Crippen LogP contribution >= 0.6 is 0 Å².